The summed E-state index contributed by atoms with van der Waals surface area (Å²) in [7, 11) is 0. The molecule has 2 heteroatoms. The Balaban J connectivity index is 0.996. The maximum atomic E-state index is 4.17. The molecule has 0 saturated carbocycles. The van der Waals surface area contributed by atoms with Crippen LogP contribution in [0.3, 0.4) is 0 Å². The van der Waals surface area contributed by atoms with Crippen molar-refractivity contribution in [3.63, 3.8) is 0 Å². The second kappa shape index (κ2) is 17.7. The Morgan fingerprint density at radius 1 is 0.649 bits per heavy atom. The zero-order valence-corrected chi connectivity index (χ0v) is 32.5. The molecule has 6 aromatic rings. The summed E-state index contributed by atoms with van der Waals surface area (Å²) < 4.78 is 0. The first kappa shape index (κ1) is 37.0. The Kier molecular flexibility index (Phi) is 11.5. The number of rotatable bonds is 12. The van der Waals surface area contributed by atoms with Gasteiger partial charge in [-0.2, -0.15) is 0 Å². The van der Waals surface area contributed by atoms with Crippen LogP contribution in [-0.2, 0) is 0 Å². The van der Waals surface area contributed by atoms with Crippen LogP contribution in [0, 0.1) is 5.92 Å². The van der Waals surface area contributed by atoms with Gasteiger partial charge in [0.1, 0.15) is 0 Å². The molecule has 2 unspecified atom stereocenters. The molecule has 0 bridgehead atoms. The van der Waals surface area contributed by atoms with Crippen molar-refractivity contribution in [2.24, 2.45) is 5.92 Å². The predicted molar refractivity (Wildman–Crippen MR) is 245 cm³/mol. The van der Waals surface area contributed by atoms with Crippen LogP contribution in [0.25, 0.3) is 33.4 Å². The molecule has 2 atom stereocenters. The van der Waals surface area contributed by atoms with E-state index in [2.05, 4.69) is 188 Å². The second-order valence-corrected chi connectivity index (χ2v) is 14.9. The van der Waals surface area contributed by atoms with Gasteiger partial charge in [0.25, 0.3) is 0 Å². The number of benzene rings is 6. The number of para-hydroxylation sites is 1. The molecule has 0 aromatic heterocycles. The van der Waals surface area contributed by atoms with Gasteiger partial charge in [-0.1, -0.05) is 177 Å². The summed E-state index contributed by atoms with van der Waals surface area (Å²) in [5.41, 5.74) is 16.6. The average Bonchev–Trinajstić information content (AvgIpc) is 3.27. The van der Waals surface area contributed by atoms with Crippen molar-refractivity contribution in [2.75, 3.05) is 10.6 Å². The van der Waals surface area contributed by atoms with Crippen LogP contribution in [-0.4, -0.2) is 0 Å². The Morgan fingerprint density at radius 2 is 1.32 bits per heavy atom. The first-order valence-corrected chi connectivity index (χ1v) is 19.9. The van der Waals surface area contributed by atoms with E-state index in [0.29, 0.717) is 11.8 Å². The molecule has 6 aromatic carbocycles. The van der Waals surface area contributed by atoms with Crippen LogP contribution in [0.1, 0.15) is 42.4 Å². The van der Waals surface area contributed by atoms with Gasteiger partial charge in [-0.15, -0.1) is 0 Å². The molecule has 2 nitrogen and oxygen atoms in total. The standard InChI is InChI=1S/C55H48N2/c1-40-36-50(46-23-21-44(22-24-46)43-17-8-4-9-18-43)38-51(37-40)47-25-27-48(28-26-47)54-39-49(31-34-55(54)57-53-19-10-5-11-20-53)45-29-32-52(33-30-45)56-35-13-12-14-41(2)42-15-6-3-7-16-42/h3-21,23-35,37-40,44,56-57H,2,22,36H2,1H3/b14-12-,35-13-. The zero-order valence-electron chi connectivity index (χ0n) is 32.5. The Morgan fingerprint density at radius 3 is 2.04 bits per heavy atom. The van der Waals surface area contributed by atoms with Gasteiger partial charge in [-0.05, 0) is 117 Å². The minimum Gasteiger partial charge on any atom is -0.362 e. The lowest BCUT2D eigenvalue weighted by Gasteiger charge is -2.23. The number of anilines is 3. The third-order valence-corrected chi connectivity index (χ3v) is 10.8. The fourth-order valence-electron chi connectivity index (χ4n) is 7.66. The van der Waals surface area contributed by atoms with Gasteiger partial charge >= 0.3 is 0 Å². The Hall–Kier alpha value is -6.90. The summed E-state index contributed by atoms with van der Waals surface area (Å²) in [5, 5.41) is 7.07. The molecule has 2 N–H and O–H groups in total. The summed E-state index contributed by atoms with van der Waals surface area (Å²) in [6.07, 6.45) is 22.1. The number of nitrogens with one attached hydrogen (secondary N) is 2. The lowest BCUT2D eigenvalue weighted by molar-refractivity contribution is 0.714. The van der Waals surface area contributed by atoms with Gasteiger partial charge in [0.15, 0.2) is 0 Å². The van der Waals surface area contributed by atoms with E-state index in [0.717, 1.165) is 57.7 Å². The summed E-state index contributed by atoms with van der Waals surface area (Å²) in [6, 6.07) is 55.8. The van der Waals surface area contributed by atoms with Crippen molar-refractivity contribution in [3.8, 4) is 22.3 Å². The van der Waals surface area contributed by atoms with Crippen LogP contribution in [0.15, 0.2) is 230 Å². The summed E-state index contributed by atoms with van der Waals surface area (Å²) in [5.74, 6) is 0.919. The van der Waals surface area contributed by atoms with Gasteiger partial charge in [-0.25, -0.2) is 0 Å². The molecule has 0 aliphatic heterocycles. The molecule has 2 aliphatic carbocycles. The van der Waals surface area contributed by atoms with Crippen molar-refractivity contribution >= 4 is 28.2 Å². The van der Waals surface area contributed by atoms with Gasteiger partial charge < -0.3 is 10.6 Å². The van der Waals surface area contributed by atoms with E-state index >= 15 is 0 Å². The van der Waals surface area contributed by atoms with Gasteiger partial charge in [0.05, 0.1) is 0 Å². The molecular weight excluding hydrogens is 689 g/mol. The smallest absolute Gasteiger partial charge is 0.0464 e. The van der Waals surface area contributed by atoms with Crippen molar-refractivity contribution in [1.29, 1.82) is 0 Å². The number of allylic oxidation sites excluding steroid dienone is 12. The van der Waals surface area contributed by atoms with Crippen LogP contribution in [0.5, 0.6) is 0 Å². The number of hydrogen-bond acceptors (Lipinski definition) is 2. The van der Waals surface area contributed by atoms with Gasteiger partial charge in [0, 0.05) is 34.7 Å². The summed E-state index contributed by atoms with van der Waals surface area (Å²) in [4.78, 5) is 0. The van der Waals surface area contributed by atoms with Gasteiger partial charge in [0.2, 0.25) is 0 Å². The average molecular weight is 737 g/mol. The van der Waals surface area contributed by atoms with Gasteiger partial charge in [-0.3, -0.25) is 0 Å². The molecular formula is C55H48N2. The molecule has 0 amide bonds. The molecule has 8 rings (SSSR count). The van der Waals surface area contributed by atoms with E-state index in [1.165, 1.54) is 33.4 Å². The highest BCUT2D eigenvalue weighted by Gasteiger charge is 2.19. The van der Waals surface area contributed by atoms with Crippen molar-refractivity contribution < 1.29 is 0 Å². The van der Waals surface area contributed by atoms with Crippen LogP contribution in [0.2, 0.25) is 0 Å². The minimum atomic E-state index is 0.447. The first-order chi connectivity index (χ1) is 28.1. The van der Waals surface area contributed by atoms with E-state index in [9.17, 15) is 0 Å². The normalized spacial score (nSPS) is 16.5. The first-order valence-electron chi connectivity index (χ1n) is 19.9. The topological polar surface area (TPSA) is 24.1 Å². The lowest BCUT2D eigenvalue weighted by Crippen LogP contribution is -2.06. The van der Waals surface area contributed by atoms with E-state index < -0.39 is 0 Å². The molecule has 0 saturated heterocycles. The molecule has 0 radical (unpaired) electrons. The maximum Gasteiger partial charge on any atom is 0.0464 e. The van der Waals surface area contributed by atoms with Crippen molar-refractivity contribution in [1.82, 2.24) is 0 Å². The van der Waals surface area contributed by atoms with Crippen LogP contribution < -0.4 is 10.6 Å². The quantitative estimate of drug-likeness (QED) is 0.122. The molecule has 2 aliphatic rings. The summed E-state index contributed by atoms with van der Waals surface area (Å²) >= 11 is 0. The highest BCUT2D eigenvalue weighted by Crippen LogP contribution is 2.39. The third kappa shape index (κ3) is 9.32. The SMILES string of the molecule is C=C(/C=C\C=C/Nc1ccc(-c2ccc(Nc3ccccc3)c(-c3ccc(C4=CC(C)CC(C5=CCC(c6ccccc6)C=C5)=C4)cc3)c2)cc1)c1ccccc1. The largest absolute Gasteiger partial charge is 0.362 e. The highest BCUT2D eigenvalue weighted by molar-refractivity contribution is 5.87. The van der Waals surface area contributed by atoms with E-state index in [-0.39, 0.29) is 0 Å². The minimum absolute atomic E-state index is 0.447. The fraction of sp³-hybridized carbons (Fsp3) is 0.0909. The van der Waals surface area contributed by atoms with E-state index in [1.54, 1.807) is 0 Å². The monoisotopic (exact) mass is 736 g/mol. The number of hydrogen-bond donors (Lipinski definition) is 2. The highest BCUT2D eigenvalue weighted by atomic mass is 14.9. The lowest BCUT2D eigenvalue weighted by atomic mass is 9.82. The van der Waals surface area contributed by atoms with Crippen LogP contribution >= 0.6 is 0 Å². The second-order valence-electron chi connectivity index (χ2n) is 14.9. The third-order valence-electron chi connectivity index (χ3n) is 10.8. The van der Waals surface area contributed by atoms with Crippen LogP contribution in [0.4, 0.5) is 17.1 Å². The maximum absolute atomic E-state index is 4.17. The molecule has 278 valence electrons. The Labute approximate surface area is 338 Å². The summed E-state index contributed by atoms with van der Waals surface area (Å²) in [6.45, 7) is 6.50. The molecule has 0 fully saturated rings. The fourth-order valence-corrected chi connectivity index (χ4v) is 7.66. The Bertz CT molecular complexity index is 2500. The molecule has 57 heavy (non-hydrogen) atoms. The molecule has 0 heterocycles. The van der Waals surface area contributed by atoms with E-state index in [1.807, 2.05) is 48.7 Å². The van der Waals surface area contributed by atoms with Crippen molar-refractivity contribution in [3.05, 3.63) is 247 Å². The zero-order chi connectivity index (χ0) is 38.8. The predicted octanol–water partition coefficient (Wildman–Crippen LogP) is 15.0. The van der Waals surface area contributed by atoms with E-state index in [4.69, 9.17) is 0 Å². The molecule has 0 spiro atoms. The van der Waals surface area contributed by atoms with Crippen molar-refractivity contribution in [2.45, 2.75) is 25.7 Å².